The summed E-state index contributed by atoms with van der Waals surface area (Å²) in [7, 11) is 0. The Morgan fingerprint density at radius 3 is 2.75 bits per heavy atom. The molecule has 1 rings (SSSR count). The molecule has 1 aromatic rings. The molecule has 1 amide bonds. The Bertz CT molecular complexity index is 346. The molecular weight excluding hydrogens is 228 g/mol. The zero-order chi connectivity index (χ0) is 12.2. The molecule has 5 nitrogen and oxygen atoms in total. The molecule has 0 saturated carbocycles. The van der Waals surface area contributed by atoms with Crippen LogP contribution in [-0.2, 0) is 22.8 Å². The number of aromatic nitrogens is 1. The fourth-order valence-electron chi connectivity index (χ4n) is 1.07. The van der Waals surface area contributed by atoms with Gasteiger partial charge in [0.25, 0.3) is 0 Å². The summed E-state index contributed by atoms with van der Waals surface area (Å²) in [5.41, 5.74) is -0.419. The lowest BCUT2D eigenvalue weighted by Gasteiger charge is -2.25. The molecule has 0 radical (unpaired) electrons. The topological polar surface area (TPSA) is 62.7 Å². The lowest BCUT2D eigenvalue weighted by Crippen LogP contribution is -2.32. The number of nitrogens with zero attached hydrogens (tertiary/aromatic N) is 2. The first kappa shape index (κ1) is 13.1. The Hall–Kier alpha value is -0.980. The maximum Gasteiger partial charge on any atom is 0.233 e. The zero-order valence-corrected chi connectivity index (χ0v) is 10.5. The van der Waals surface area contributed by atoms with E-state index >= 15 is 0 Å². The predicted octanol–water partition coefficient (Wildman–Crippen LogP) is 1.32. The van der Waals surface area contributed by atoms with Crippen molar-refractivity contribution < 1.29 is 14.7 Å². The molecule has 0 aromatic carbocycles. The van der Waals surface area contributed by atoms with Gasteiger partial charge in [-0.05, 0) is 20.8 Å². The second-order valence-electron chi connectivity index (χ2n) is 4.26. The van der Waals surface area contributed by atoms with Gasteiger partial charge in [-0.1, -0.05) is 0 Å². The molecule has 6 heteroatoms. The quantitative estimate of drug-likeness (QED) is 0.627. The van der Waals surface area contributed by atoms with Crippen LogP contribution in [0.5, 0.6) is 0 Å². The smallest absolute Gasteiger partial charge is 0.233 e. The number of thiazole rings is 1. The molecule has 0 fully saturated rings. The molecule has 0 aliphatic carbocycles. The maximum absolute atomic E-state index is 10.8. The Morgan fingerprint density at radius 1 is 1.62 bits per heavy atom. The normalized spacial score (nSPS) is 11.5. The molecule has 0 unspecified atom stereocenters. The van der Waals surface area contributed by atoms with Crippen LogP contribution in [-0.4, -0.2) is 27.2 Å². The Kier molecular flexibility index (Phi) is 4.40. The zero-order valence-electron chi connectivity index (χ0n) is 9.64. The largest absolute Gasteiger partial charge is 0.391 e. The minimum absolute atomic E-state index is 0.0289. The monoisotopic (exact) mass is 244 g/mol. The highest BCUT2D eigenvalue weighted by Crippen LogP contribution is 2.16. The van der Waals surface area contributed by atoms with Gasteiger partial charge in [0, 0.05) is 6.20 Å². The summed E-state index contributed by atoms with van der Waals surface area (Å²) < 4.78 is 0. The van der Waals surface area contributed by atoms with Crippen LogP contribution in [0.4, 0.5) is 0 Å². The maximum atomic E-state index is 10.8. The molecule has 1 heterocycles. The van der Waals surface area contributed by atoms with E-state index in [-0.39, 0.29) is 6.61 Å². The minimum atomic E-state index is -0.419. The summed E-state index contributed by atoms with van der Waals surface area (Å²) >= 11 is 1.36. The molecule has 0 saturated heterocycles. The van der Waals surface area contributed by atoms with E-state index < -0.39 is 5.60 Å². The third-order valence-electron chi connectivity index (χ3n) is 1.56. The van der Waals surface area contributed by atoms with Gasteiger partial charge in [-0.25, -0.2) is 10.0 Å². The molecule has 0 spiro atoms. The van der Waals surface area contributed by atoms with Crippen LogP contribution in [0.3, 0.4) is 0 Å². The van der Waals surface area contributed by atoms with Gasteiger partial charge in [-0.15, -0.1) is 11.3 Å². The van der Waals surface area contributed by atoms with Crippen LogP contribution in [0.1, 0.15) is 30.7 Å². The Labute approximate surface area is 98.6 Å². The highest BCUT2D eigenvalue weighted by molar-refractivity contribution is 7.11. The highest BCUT2D eigenvalue weighted by Gasteiger charge is 2.17. The third kappa shape index (κ3) is 4.26. The Balaban J connectivity index is 2.59. The van der Waals surface area contributed by atoms with Crippen molar-refractivity contribution in [1.82, 2.24) is 10.0 Å². The molecule has 0 aliphatic rings. The predicted molar refractivity (Wildman–Crippen MR) is 60.5 cm³/mol. The van der Waals surface area contributed by atoms with E-state index in [1.807, 2.05) is 20.8 Å². The van der Waals surface area contributed by atoms with Gasteiger partial charge in [-0.3, -0.25) is 9.63 Å². The second-order valence-corrected chi connectivity index (χ2v) is 5.46. The van der Waals surface area contributed by atoms with Crippen molar-refractivity contribution in [3.63, 3.8) is 0 Å². The number of hydrogen-bond acceptors (Lipinski definition) is 5. The standard InChI is InChI=1S/C10H16N2O3S/c1-10(2,3)15-12(7-14)5-9-11-4-8(6-13)16-9/h4,7,13H,5-6H2,1-3H3. The van der Waals surface area contributed by atoms with Gasteiger partial charge in [0.05, 0.1) is 17.1 Å². The third-order valence-corrected chi connectivity index (χ3v) is 2.52. The van der Waals surface area contributed by atoms with Gasteiger partial charge in [0.15, 0.2) is 0 Å². The van der Waals surface area contributed by atoms with E-state index in [0.29, 0.717) is 13.0 Å². The Morgan fingerprint density at radius 2 is 2.31 bits per heavy atom. The molecule has 90 valence electrons. The highest BCUT2D eigenvalue weighted by atomic mass is 32.1. The molecular formula is C10H16N2O3S. The van der Waals surface area contributed by atoms with Gasteiger partial charge in [-0.2, -0.15) is 0 Å². The molecule has 0 bridgehead atoms. The molecule has 0 atom stereocenters. The first-order valence-corrected chi connectivity index (χ1v) is 5.72. The number of amides is 1. The van der Waals surface area contributed by atoms with Crippen molar-refractivity contribution in [1.29, 1.82) is 0 Å². The number of aliphatic hydroxyl groups is 1. The average molecular weight is 244 g/mol. The fraction of sp³-hybridized carbons (Fsp3) is 0.600. The lowest BCUT2D eigenvalue weighted by atomic mass is 10.2. The van der Waals surface area contributed by atoms with Crippen LogP contribution >= 0.6 is 11.3 Å². The number of carbonyl (C=O) groups excluding carboxylic acids is 1. The summed E-state index contributed by atoms with van der Waals surface area (Å²) in [5, 5.41) is 10.8. The number of hydroxylamine groups is 2. The molecule has 0 aliphatic heterocycles. The first-order chi connectivity index (χ1) is 7.44. The molecule has 16 heavy (non-hydrogen) atoms. The van der Waals surface area contributed by atoms with Crippen molar-refractivity contribution in [2.75, 3.05) is 0 Å². The summed E-state index contributed by atoms with van der Waals surface area (Å²) in [6.45, 7) is 5.86. The number of carbonyl (C=O) groups is 1. The van der Waals surface area contributed by atoms with Crippen molar-refractivity contribution in [2.45, 2.75) is 39.5 Å². The van der Waals surface area contributed by atoms with Crippen LogP contribution in [0, 0.1) is 0 Å². The van der Waals surface area contributed by atoms with E-state index in [1.54, 1.807) is 6.20 Å². The van der Waals surface area contributed by atoms with E-state index in [0.717, 1.165) is 9.88 Å². The van der Waals surface area contributed by atoms with Crippen molar-refractivity contribution in [2.24, 2.45) is 0 Å². The van der Waals surface area contributed by atoms with Crippen LogP contribution in [0.2, 0.25) is 0 Å². The summed E-state index contributed by atoms with van der Waals surface area (Å²) in [6, 6.07) is 0. The summed E-state index contributed by atoms with van der Waals surface area (Å²) in [5.74, 6) is 0. The van der Waals surface area contributed by atoms with E-state index in [4.69, 9.17) is 9.94 Å². The average Bonchev–Trinajstić information content (AvgIpc) is 2.62. The molecule has 1 N–H and O–H groups in total. The van der Waals surface area contributed by atoms with Crippen LogP contribution in [0.15, 0.2) is 6.20 Å². The lowest BCUT2D eigenvalue weighted by molar-refractivity contribution is -0.220. The minimum Gasteiger partial charge on any atom is -0.391 e. The number of rotatable bonds is 5. The second kappa shape index (κ2) is 5.38. The van der Waals surface area contributed by atoms with Gasteiger partial charge >= 0.3 is 0 Å². The van der Waals surface area contributed by atoms with E-state index in [9.17, 15) is 4.79 Å². The van der Waals surface area contributed by atoms with Crippen molar-refractivity contribution in [3.05, 3.63) is 16.1 Å². The SMILES string of the molecule is CC(C)(C)ON(C=O)Cc1ncc(CO)s1. The van der Waals surface area contributed by atoms with Crippen molar-refractivity contribution in [3.8, 4) is 0 Å². The number of aliphatic hydroxyl groups excluding tert-OH is 1. The first-order valence-electron chi connectivity index (χ1n) is 4.90. The number of hydrogen-bond donors (Lipinski definition) is 1. The molecule has 1 aromatic heterocycles. The summed E-state index contributed by atoms with van der Waals surface area (Å²) in [4.78, 5) is 21.1. The fourth-order valence-corrected chi connectivity index (χ4v) is 1.84. The van der Waals surface area contributed by atoms with Crippen molar-refractivity contribution >= 4 is 17.7 Å². The summed E-state index contributed by atoms with van der Waals surface area (Å²) in [6.07, 6.45) is 2.23. The van der Waals surface area contributed by atoms with E-state index in [2.05, 4.69) is 4.98 Å². The van der Waals surface area contributed by atoms with Gasteiger partial charge in [0.1, 0.15) is 11.6 Å². The van der Waals surface area contributed by atoms with Gasteiger partial charge in [0.2, 0.25) is 6.41 Å². The van der Waals surface area contributed by atoms with Crippen LogP contribution in [0.25, 0.3) is 0 Å². The van der Waals surface area contributed by atoms with E-state index in [1.165, 1.54) is 16.4 Å². The van der Waals surface area contributed by atoms with Gasteiger partial charge < -0.3 is 5.11 Å². The van der Waals surface area contributed by atoms with Crippen LogP contribution < -0.4 is 0 Å².